The Morgan fingerprint density at radius 2 is 2.29 bits per heavy atom. The van der Waals surface area contributed by atoms with Gasteiger partial charge in [-0.25, -0.2) is 4.98 Å². The number of allylic oxidation sites excluding steroid dienone is 1. The molecule has 0 aromatic carbocycles. The number of carbonyl (C=O) groups is 1. The molecule has 4 nitrogen and oxygen atoms in total. The molecular weight excluding hydrogens is 178 g/mol. The van der Waals surface area contributed by atoms with Crippen LogP contribution in [0.4, 0.5) is 0 Å². The van der Waals surface area contributed by atoms with Gasteiger partial charge in [0.1, 0.15) is 5.69 Å². The zero-order valence-corrected chi connectivity index (χ0v) is 7.82. The maximum atomic E-state index is 10.5. The number of nitrogens with one attached hydrogen (secondary N) is 1. The van der Waals surface area contributed by atoms with Gasteiger partial charge in [-0.05, 0) is 18.6 Å². The summed E-state index contributed by atoms with van der Waals surface area (Å²) in [6, 6.07) is 3.41. The van der Waals surface area contributed by atoms with E-state index in [1.54, 1.807) is 12.1 Å². The van der Waals surface area contributed by atoms with Gasteiger partial charge in [-0.15, -0.1) is 0 Å². The molecule has 1 heterocycles. The van der Waals surface area contributed by atoms with E-state index in [1.165, 1.54) is 6.20 Å². The van der Waals surface area contributed by atoms with Crippen molar-refractivity contribution < 1.29 is 4.79 Å². The van der Waals surface area contributed by atoms with Crippen LogP contribution in [-0.2, 0) is 0 Å². The van der Waals surface area contributed by atoms with Crippen molar-refractivity contribution in [2.75, 3.05) is 0 Å². The molecule has 0 bridgehead atoms. The highest BCUT2D eigenvalue weighted by molar-refractivity contribution is 6.07. The zero-order chi connectivity index (χ0) is 10.6. The van der Waals surface area contributed by atoms with Crippen molar-refractivity contribution in [3.8, 4) is 0 Å². The topological polar surface area (TPSA) is 79.8 Å². The summed E-state index contributed by atoms with van der Waals surface area (Å²) >= 11 is 0. The van der Waals surface area contributed by atoms with Crippen molar-refractivity contribution in [1.82, 2.24) is 4.98 Å². The third-order valence-electron chi connectivity index (χ3n) is 1.85. The number of aryl methyl sites for hydroxylation is 1. The Labute approximate surface area is 82.0 Å². The minimum Gasteiger partial charge on any atom is -0.404 e. The van der Waals surface area contributed by atoms with Gasteiger partial charge in [0.25, 0.3) is 0 Å². The van der Waals surface area contributed by atoms with E-state index in [4.69, 9.17) is 11.1 Å². The van der Waals surface area contributed by atoms with Crippen LogP contribution in [0, 0.1) is 12.3 Å². The second-order valence-electron chi connectivity index (χ2n) is 2.79. The average Bonchev–Trinajstić information content (AvgIpc) is 2.22. The Morgan fingerprint density at radius 1 is 1.57 bits per heavy atom. The van der Waals surface area contributed by atoms with Crippen LogP contribution in [0.1, 0.15) is 21.7 Å². The van der Waals surface area contributed by atoms with E-state index in [-0.39, 0.29) is 0 Å². The maximum absolute atomic E-state index is 10.5. The molecule has 1 aromatic heterocycles. The van der Waals surface area contributed by atoms with Gasteiger partial charge in [-0.1, -0.05) is 6.07 Å². The molecule has 14 heavy (non-hydrogen) atoms. The standard InChI is InChI=1S/C10H11N3O/c1-7-2-3-9(6-14)13-10(7)8(4-11)5-12/h2-6,11H,12H2,1H3. The quantitative estimate of drug-likeness (QED) is 0.553. The fraction of sp³-hybridized carbons (Fsp3) is 0.100. The summed E-state index contributed by atoms with van der Waals surface area (Å²) in [6.45, 7) is 1.85. The number of carbonyl (C=O) groups excluding carboxylic acids is 1. The first-order valence-corrected chi connectivity index (χ1v) is 4.08. The summed E-state index contributed by atoms with van der Waals surface area (Å²) in [4.78, 5) is 14.6. The van der Waals surface area contributed by atoms with Crippen molar-refractivity contribution >= 4 is 18.1 Å². The molecule has 0 atom stereocenters. The van der Waals surface area contributed by atoms with E-state index in [0.29, 0.717) is 23.2 Å². The van der Waals surface area contributed by atoms with Crippen LogP contribution in [0.25, 0.3) is 5.57 Å². The van der Waals surface area contributed by atoms with Gasteiger partial charge < -0.3 is 11.1 Å². The van der Waals surface area contributed by atoms with E-state index in [0.717, 1.165) is 11.8 Å². The van der Waals surface area contributed by atoms with Crippen LogP contribution in [0.2, 0.25) is 0 Å². The highest BCUT2D eigenvalue weighted by Gasteiger charge is 2.05. The second kappa shape index (κ2) is 4.32. The lowest BCUT2D eigenvalue weighted by Crippen LogP contribution is -2.00. The number of aromatic nitrogens is 1. The summed E-state index contributed by atoms with van der Waals surface area (Å²) in [7, 11) is 0. The van der Waals surface area contributed by atoms with E-state index >= 15 is 0 Å². The normalized spacial score (nSPS) is 11.1. The van der Waals surface area contributed by atoms with E-state index in [1.807, 2.05) is 6.92 Å². The van der Waals surface area contributed by atoms with Gasteiger partial charge in [-0.2, -0.15) is 0 Å². The van der Waals surface area contributed by atoms with Gasteiger partial charge >= 0.3 is 0 Å². The van der Waals surface area contributed by atoms with Gasteiger partial charge in [0.2, 0.25) is 0 Å². The smallest absolute Gasteiger partial charge is 0.168 e. The molecular formula is C10H11N3O. The molecule has 1 rings (SSSR count). The van der Waals surface area contributed by atoms with Gasteiger partial charge in [0.15, 0.2) is 6.29 Å². The largest absolute Gasteiger partial charge is 0.404 e. The first-order chi connectivity index (χ1) is 6.72. The highest BCUT2D eigenvalue weighted by atomic mass is 16.1. The number of pyridine rings is 1. The van der Waals surface area contributed by atoms with Gasteiger partial charge in [0.05, 0.1) is 5.69 Å². The summed E-state index contributed by atoms with van der Waals surface area (Å²) in [6.07, 6.45) is 3.09. The predicted octanol–water partition coefficient (Wildman–Crippen LogP) is 1.15. The zero-order valence-electron chi connectivity index (χ0n) is 7.82. The van der Waals surface area contributed by atoms with Crippen molar-refractivity contribution in [1.29, 1.82) is 5.41 Å². The van der Waals surface area contributed by atoms with Crippen LogP contribution in [-0.4, -0.2) is 17.5 Å². The fourth-order valence-corrected chi connectivity index (χ4v) is 1.10. The van der Waals surface area contributed by atoms with E-state index < -0.39 is 0 Å². The Kier molecular flexibility index (Phi) is 3.12. The summed E-state index contributed by atoms with van der Waals surface area (Å²) in [5.41, 5.74) is 7.64. The molecule has 72 valence electrons. The molecule has 3 N–H and O–H groups in total. The highest BCUT2D eigenvalue weighted by Crippen LogP contribution is 2.13. The summed E-state index contributed by atoms with van der Waals surface area (Å²) in [5.74, 6) is 0. The second-order valence-corrected chi connectivity index (χ2v) is 2.79. The minimum atomic E-state index is 0.340. The monoisotopic (exact) mass is 189 g/mol. The molecule has 0 aliphatic heterocycles. The van der Waals surface area contributed by atoms with Crippen molar-refractivity contribution in [2.45, 2.75) is 6.92 Å². The molecule has 0 saturated heterocycles. The Bertz CT molecular complexity index is 396. The Balaban J connectivity index is 3.31. The summed E-state index contributed by atoms with van der Waals surface area (Å²) in [5, 5.41) is 7.12. The number of rotatable bonds is 3. The number of hydrogen-bond acceptors (Lipinski definition) is 4. The third kappa shape index (κ3) is 1.85. The van der Waals surface area contributed by atoms with Crippen molar-refractivity contribution in [2.24, 2.45) is 5.73 Å². The minimum absolute atomic E-state index is 0.340. The van der Waals surface area contributed by atoms with Crippen LogP contribution in [0.15, 0.2) is 18.3 Å². The van der Waals surface area contributed by atoms with Crippen LogP contribution < -0.4 is 5.73 Å². The Morgan fingerprint density at radius 3 is 2.79 bits per heavy atom. The predicted molar refractivity (Wildman–Crippen MR) is 55.3 cm³/mol. The van der Waals surface area contributed by atoms with Crippen LogP contribution >= 0.6 is 0 Å². The average molecular weight is 189 g/mol. The molecule has 0 amide bonds. The van der Waals surface area contributed by atoms with Crippen LogP contribution in [0.3, 0.4) is 0 Å². The molecule has 0 unspecified atom stereocenters. The molecule has 0 aliphatic rings. The molecule has 0 fully saturated rings. The lowest BCUT2D eigenvalue weighted by atomic mass is 10.1. The lowest BCUT2D eigenvalue weighted by molar-refractivity contribution is 0.111. The third-order valence-corrected chi connectivity index (χ3v) is 1.85. The first kappa shape index (κ1) is 10.1. The number of hydrogen-bond donors (Lipinski definition) is 2. The Hall–Kier alpha value is -1.97. The van der Waals surface area contributed by atoms with Crippen molar-refractivity contribution in [3.05, 3.63) is 35.3 Å². The van der Waals surface area contributed by atoms with Crippen molar-refractivity contribution in [3.63, 3.8) is 0 Å². The number of aldehydes is 1. The maximum Gasteiger partial charge on any atom is 0.168 e. The number of nitrogens with two attached hydrogens (primary N) is 1. The lowest BCUT2D eigenvalue weighted by Gasteiger charge is -2.04. The molecule has 0 saturated carbocycles. The van der Waals surface area contributed by atoms with Gasteiger partial charge in [0, 0.05) is 18.0 Å². The van der Waals surface area contributed by atoms with E-state index in [2.05, 4.69) is 4.98 Å². The van der Waals surface area contributed by atoms with E-state index in [9.17, 15) is 4.79 Å². The molecule has 4 heteroatoms. The summed E-state index contributed by atoms with van der Waals surface area (Å²) < 4.78 is 0. The first-order valence-electron chi connectivity index (χ1n) is 4.08. The van der Waals surface area contributed by atoms with Crippen LogP contribution in [0.5, 0.6) is 0 Å². The molecule has 1 aromatic rings. The molecule has 0 spiro atoms. The molecule has 0 radical (unpaired) electrons. The molecule has 0 aliphatic carbocycles. The SMILES string of the molecule is Cc1ccc(C=O)nc1C(C=N)=CN. The number of nitrogens with zero attached hydrogens (tertiary/aromatic N) is 1. The van der Waals surface area contributed by atoms with Gasteiger partial charge in [-0.3, -0.25) is 4.79 Å². The fourth-order valence-electron chi connectivity index (χ4n) is 1.10.